The lowest BCUT2D eigenvalue weighted by molar-refractivity contribution is -0.0514. The molecule has 2 aliphatic rings. The van der Waals surface area contributed by atoms with Gasteiger partial charge in [0.1, 0.15) is 0 Å². The molecule has 17 heteroatoms. The van der Waals surface area contributed by atoms with E-state index < -0.39 is 31.3 Å². The molecule has 40 heavy (non-hydrogen) atoms. The summed E-state index contributed by atoms with van der Waals surface area (Å²) in [5.41, 5.74) is -6.15. The van der Waals surface area contributed by atoms with Gasteiger partial charge in [0, 0.05) is 45.6 Å². The Labute approximate surface area is 227 Å². The van der Waals surface area contributed by atoms with E-state index in [1.54, 1.807) is 0 Å². The highest BCUT2D eigenvalue weighted by molar-refractivity contribution is 7.86. The molecule has 2 N–H and O–H groups in total. The molecule has 0 atom stereocenters. The Balaban J connectivity index is 0.000000412. The minimum atomic E-state index is -5.84. The Morgan fingerprint density at radius 3 is 1.20 bits per heavy atom. The molecule has 0 saturated carbocycles. The average Bonchev–Trinajstić information content (AvgIpc) is 3.16. The monoisotopic (exact) mass is 619 g/mol. The van der Waals surface area contributed by atoms with Gasteiger partial charge in [-0.3, -0.25) is 9.11 Å². The van der Waals surface area contributed by atoms with Gasteiger partial charge < -0.3 is 14.4 Å². The van der Waals surface area contributed by atoms with E-state index in [2.05, 4.69) is 109 Å². The Morgan fingerprint density at radius 2 is 0.975 bits per heavy atom. The highest BCUT2D eigenvalue weighted by atomic mass is 32.2. The van der Waals surface area contributed by atoms with Crippen LogP contribution in [-0.4, -0.2) is 78.5 Å². The van der Waals surface area contributed by atoms with Crippen LogP contribution in [0.3, 0.4) is 0 Å². The van der Waals surface area contributed by atoms with Crippen LogP contribution in [0, 0.1) is 0 Å². The Kier molecular flexibility index (Phi) is 12.0. The van der Waals surface area contributed by atoms with Gasteiger partial charge in [0.15, 0.2) is 0 Å². The lowest BCUT2D eigenvalue weighted by atomic mass is 10.1. The molecule has 0 saturated heterocycles. The smallest absolute Gasteiger partial charge is 0.377 e. The van der Waals surface area contributed by atoms with Crippen LogP contribution >= 0.6 is 0 Å². The summed E-state index contributed by atoms with van der Waals surface area (Å²) < 4.78 is 117. The van der Waals surface area contributed by atoms with Crippen LogP contribution in [0.1, 0.15) is 11.4 Å². The summed E-state index contributed by atoms with van der Waals surface area (Å²) in [5, 5.41) is 0. The molecule has 0 fully saturated rings. The summed E-state index contributed by atoms with van der Waals surface area (Å²) in [6.45, 7) is 1.93. The van der Waals surface area contributed by atoms with Crippen LogP contribution in [0.25, 0.3) is 12.2 Å². The average molecular weight is 620 g/mol. The lowest BCUT2D eigenvalue weighted by Crippen LogP contribution is -2.21. The highest BCUT2D eigenvalue weighted by Gasteiger charge is 2.45. The molecule has 9 nitrogen and oxygen atoms in total. The summed E-state index contributed by atoms with van der Waals surface area (Å²) in [5.74, 6) is 0. The molecule has 3 rings (SSSR count). The fraction of sp³-hybridized carbons (Fsp3) is 0.304. The molecule has 1 aromatic heterocycles. The maximum atomic E-state index is 10.7. The molecule has 0 bridgehead atoms. The molecule has 0 unspecified atom stereocenters. The van der Waals surface area contributed by atoms with Crippen molar-refractivity contribution in [3.63, 3.8) is 0 Å². The Morgan fingerprint density at radius 1 is 0.675 bits per heavy atom. The number of hydrogen-bond acceptors (Lipinski definition) is 6. The summed E-state index contributed by atoms with van der Waals surface area (Å²) in [6, 6.07) is 4.32. The number of likely N-dealkylation sites (N-methyl/N-ethyl adjacent to an activating group) is 2. The summed E-state index contributed by atoms with van der Waals surface area (Å²) in [7, 11) is -5.41. The van der Waals surface area contributed by atoms with E-state index in [1.165, 1.54) is 22.5 Å². The van der Waals surface area contributed by atoms with E-state index in [0.29, 0.717) is 0 Å². The van der Waals surface area contributed by atoms with Gasteiger partial charge in [-0.2, -0.15) is 43.2 Å². The summed E-state index contributed by atoms with van der Waals surface area (Å²) >= 11 is 0. The van der Waals surface area contributed by atoms with Gasteiger partial charge in [-0.05, 0) is 60.0 Å². The van der Waals surface area contributed by atoms with Crippen molar-refractivity contribution in [2.24, 2.45) is 7.05 Å². The number of aromatic nitrogens is 1. The van der Waals surface area contributed by atoms with Crippen LogP contribution in [0.15, 0.2) is 72.1 Å². The first-order valence-electron chi connectivity index (χ1n) is 10.9. The molecule has 0 spiro atoms. The number of halogens is 6. The van der Waals surface area contributed by atoms with E-state index in [9.17, 15) is 26.3 Å². The van der Waals surface area contributed by atoms with E-state index >= 15 is 0 Å². The number of alkyl halides is 6. The zero-order valence-electron chi connectivity index (χ0n) is 21.3. The zero-order valence-corrected chi connectivity index (χ0v) is 22.9. The Hall–Kier alpha value is -3.28. The van der Waals surface area contributed by atoms with Crippen molar-refractivity contribution in [2.45, 2.75) is 11.0 Å². The van der Waals surface area contributed by atoms with E-state index in [4.69, 9.17) is 25.9 Å². The van der Waals surface area contributed by atoms with Crippen LogP contribution in [0.5, 0.6) is 0 Å². The van der Waals surface area contributed by atoms with Crippen molar-refractivity contribution in [1.82, 2.24) is 14.4 Å². The zero-order chi connectivity index (χ0) is 30.9. The molecule has 0 aromatic carbocycles. The molecule has 0 radical (unpaired) electrons. The van der Waals surface area contributed by atoms with Crippen molar-refractivity contribution in [2.75, 3.05) is 27.2 Å². The van der Waals surface area contributed by atoms with Crippen LogP contribution < -0.4 is 0 Å². The maximum Gasteiger partial charge on any atom is 0.522 e. The van der Waals surface area contributed by atoms with Crippen molar-refractivity contribution in [1.29, 1.82) is 0 Å². The van der Waals surface area contributed by atoms with Crippen molar-refractivity contribution < 1.29 is 52.3 Å². The third kappa shape index (κ3) is 11.8. The van der Waals surface area contributed by atoms with Gasteiger partial charge in [-0.1, -0.05) is 24.3 Å². The summed E-state index contributed by atoms with van der Waals surface area (Å²) in [4.78, 5) is 4.32. The number of nitrogens with zero attached hydrogens (tertiary/aromatic N) is 3. The molecule has 2 aliphatic heterocycles. The first kappa shape index (κ1) is 34.7. The number of allylic oxidation sites excluding steroid dienone is 6. The first-order valence-corrected chi connectivity index (χ1v) is 13.8. The van der Waals surface area contributed by atoms with E-state index in [0.717, 1.165) is 13.1 Å². The van der Waals surface area contributed by atoms with Crippen molar-refractivity contribution in [3.05, 3.63) is 83.5 Å². The van der Waals surface area contributed by atoms with Gasteiger partial charge in [0.25, 0.3) is 0 Å². The Bertz CT molecular complexity index is 1310. The standard InChI is InChI=1S/C21H25N3.2CHF3O3S/c1-22-14-10-18(11-15-22)4-6-20-8-9-21(24(20)3)7-5-19-12-16-23(2)17-13-19;2*2-1(3,4)8(5,6)7/h4-14,16H,15,17H2,1-3H3;2*(H,5,6,7). The molecule has 1 aromatic rings. The highest BCUT2D eigenvalue weighted by Crippen LogP contribution is 2.21. The number of hydrogen-bond donors (Lipinski definition) is 2. The molecule has 0 amide bonds. The fourth-order valence-corrected chi connectivity index (χ4v) is 2.67. The maximum absolute atomic E-state index is 10.7. The van der Waals surface area contributed by atoms with Crippen molar-refractivity contribution in [3.8, 4) is 0 Å². The van der Waals surface area contributed by atoms with Crippen LogP contribution in [-0.2, 0) is 27.3 Å². The molecule has 3 heterocycles. The van der Waals surface area contributed by atoms with Gasteiger partial charge in [0.2, 0.25) is 0 Å². The molecule has 224 valence electrons. The molecule has 0 aliphatic carbocycles. The quantitative estimate of drug-likeness (QED) is 0.285. The van der Waals surface area contributed by atoms with Crippen LogP contribution in [0.4, 0.5) is 26.3 Å². The summed E-state index contributed by atoms with van der Waals surface area (Å²) in [6.07, 6.45) is 21.7. The minimum Gasteiger partial charge on any atom is -0.377 e. The second kappa shape index (κ2) is 13.9. The second-order valence-corrected chi connectivity index (χ2v) is 11.0. The second-order valence-electron chi connectivity index (χ2n) is 8.17. The SMILES string of the molecule is CN1C=CC(C=Cc2ccc(C=CC3=CCN(C)C=C3)n2C)=CC1.O=S(=O)(O)C(F)(F)F.O=S(=O)(O)C(F)(F)F. The predicted octanol–water partition coefficient (Wildman–Crippen LogP) is 4.61. The largest absolute Gasteiger partial charge is 0.522 e. The van der Waals surface area contributed by atoms with Gasteiger partial charge in [-0.15, -0.1) is 0 Å². The van der Waals surface area contributed by atoms with Gasteiger partial charge in [-0.25, -0.2) is 0 Å². The van der Waals surface area contributed by atoms with Gasteiger partial charge >= 0.3 is 31.3 Å². The molecular weight excluding hydrogens is 592 g/mol. The number of rotatable bonds is 4. The normalized spacial score (nSPS) is 16.4. The minimum absolute atomic E-state index is 0.967. The van der Waals surface area contributed by atoms with E-state index in [-0.39, 0.29) is 0 Å². The van der Waals surface area contributed by atoms with Crippen molar-refractivity contribution >= 4 is 32.4 Å². The molecular formula is C23H27F6N3O6S2. The third-order valence-electron chi connectivity index (χ3n) is 4.95. The fourth-order valence-electron chi connectivity index (χ4n) is 2.67. The topological polar surface area (TPSA) is 120 Å². The third-order valence-corrected chi connectivity index (χ3v) is 6.12. The van der Waals surface area contributed by atoms with Crippen LogP contribution in [0.2, 0.25) is 0 Å². The lowest BCUT2D eigenvalue weighted by Gasteiger charge is -2.15. The first-order chi connectivity index (χ1) is 18.1. The van der Waals surface area contributed by atoms with E-state index in [1.807, 2.05) is 0 Å². The predicted molar refractivity (Wildman–Crippen MR) is 138 cm³/mol. The van der Waals surface area contributed by atoms with Gasteiger partial charge in [0.05, 0.1) is 0 Å².